The van der Waals surface area contributed by atoms with E-state index >= 15 is 0 Å². The Morgan fingerprint density at radius 2 is 1.78 bits per heavy atom. The number of aliphatic hydroxyl groups is 2. The summed E-state index contributed by atoms with van der Waals surface area (Å²) in [5.74, 6) is -0.254. The molecule has 0 aromatic rings. The molecule has 2 N–H and O–H groups in total. The van der Waals surface area contributed by atoms with Crippen LogP contribution in [0.5, 0.6) is 0 Å². The maximum Gasteiger partial charge on any atom is 0.184 e. The fraction of sp³-hybridized carbons (Fsp3) is 0.630. The predicted octanol–water partition coefficient (Wildman–Crippen LogP) is 5.90. The molecule has 32 heavy (non-hydrogen) atoms. The molecule has 1 aliphatic heterocycles. The number of ether oxygens (including phenoxy) is 1. The van der Waals surface area contributed by atoms with Crippen LogP contribution in [0.1, 0.15) is 87.5 Å². The number of fused-ring (bicyclic) bond motifs is 1. The van der Waals surface area contributed by atoms with E-state index in [0.29, 0.717) is 36.5 Å². The van der Waals surface area contributed by atoms with Crippen molar-refractivity contribution in [2.45, 2.75) is 99.2 Å². The maximum absolute atomic E-state index is 13.9. The van der Waals surface area contributed by atoms with E-state index in [9.17, 15) is 19.8 Å². The Hall–Kier alpha value is -2.14. The molecule has 5 heteroatoms. The van der Waals surface area contributed by atoms with E-state index < -0.39 is 17.1 Å². The van der Waals surface area contributed by atoms with Gasteiger partial charge >= 0.3 is 0 Å². The summed E-state index contributed by atoms with van der Waals surface area (Å²) < 4.78 is 6.22. The monoisotopic (exact) mass is 444 g/mol. The van der Waals surface area contributed by atoms with Gasteiger partial charge in [-0.1, -0.05) is 37.1 Å². The van der Waals surface area contributed by atoms with Crippen LogP contribution in [0.2, 0.25) is 0 Å². The number of aliphatic hydroxyl groups excluding tert-OH is 1. The number of hydrogen-bond donors (Lipinski definition) is 2. The van der Waals surface area contributed by atoms with E-state index in [1.807, 2.05) is 53.7 Å². The van der Waals surface area contributed by atoms with Crippen molar-refractivity contribution in [3.63, 3.8) is 0 Å². The normalized spacial score (nSPS) is 23.3. The molecule has 178 valence electrons. The van der Waals surface area contributed by atoms with Gasteiger partial charge in [-0.2, -0.15) is 0 Å². The molecule has 0 aromatic carbocycles. The summed E-state index contributed by atoms with van der Waals surface area (Å²) in [7, 11) is 0. The minimum absolute atomic E-state index is 0.103. The lowest BCUT2D eigenvalue weighted by atomic mass is 9.66. The third-order valence-electron chi connectivity index (χ3n) is 6.28. The molecule has 1 heterocycles. The molecule has 0 amide bonds. The summed E-state index contributed by atoms with van der Waals surface area (Å²) in [6, 6.07) is 0. The van der Waals surface area contributed by atoms with Crippen LogP contribution < -0.4 is 0 Å². The minimum Gasteiger partial charge on any atom is -0.507 e. The SMILES string of the molecule is CC(C)=CCC1=C2OC(C(C)(C)O)CC2(CC=C(C)C)C(=O)C(C(=O)CCC(C)C)=C1O. The Kier molecular flexibility index (Phi) is 7.98. The van der Waals surface area contributed by atoms with Gasteiger partial charge in [-0.05, 0) is 66.7 Å². The van der Waals surface area contributed by atoms with Crippen LogP contribution in [0.25, 0.3) is 0 Å². The number of carbonyl (C=O) groups excluding carboxylic acids is 2. The third kappa shape index (κ3) is 5.43. The Bertz CT molecular complexity index is 883. The highest BCUT2D eigenvalue weighted by molar-refractivity contribution is 6.24. The fourth-order valence-electron chi connectivity index (χ4n) is 4.21. The molecule has 2 atom stereocenters. The zero-order valence-corrected chi connectivity index (χ0v) is 21.0. The molecular formula is C27H40O5. The summed E-state index contributed by atoms with van der Waals surface area (Å²) in [6.45, 7) is 15.2. The van der Waals surface area contributed by atoms with Crippen LogP contribution in [0, 0.1) is 11.3 Å². The first-order chi connectivity index (χ1) is 14.7. The molecule has 2 rings (SSSR count). The number of carbonyl (C=O) groups is 2. The van der Waals surface area contributed by atoms with Gasteiger partial charge in [-0.25, -0.2) is 0 Å². The molecule has 2 unspecified atom stereocenters. The van der Waals surface area contributed by atoms with E-state index in [4.69, 9.17) is 4.74 Å². The van der Waals surface area contributed by atoms with Crippen molar-refractivity contribution in [1.29, 1.82) is 0 Å². The van der Waals surface area contributed by atoms with Crippen molar-refractivity contribution >= 4 is 11.6 Å². The first-order valence-electron chi connectivity index (χ1n) is 11.6. The summed E-state index contributed by atoms with van der Waals surface area (Å²) in [5.41, 5.74) is 0.211. The second-order valence-electron chi connectivity index (χ2n) is 10.7. The Morgan fingerprint density at radius 1 is 1.19 bits per heavy atom. The van der Waals surface area contributed by atoms with Crippen LogP contribution in [0.3, 0.4) is 0 Å². The van der Waals surface area contributed by atoms with E-state index in [-0.39, 0.29) is 35.7 Å². The highest BCUT2D eigenvalue weighted by Crippen LogP contribution is 2.55. The average molecular weight is 445 g/mol. The number of allylic oxidation sites excluding steroid dienone is 7. The van der Waals surface area contributed by atoms with Gasteiger partial charge in [0.15, 0.2) is 11.6 Å². The summed E-state index contributed by atoms with van der Waals surface area (Å²) in [6.07, 6.45) is 5.15. The quantitative estimate of drug-likeness (QED) is 0.342. The van der Waals surface area contributed by atoms with E-state index in [1.54, 1.807) is 13.8 Å². The molecule has 0 bridgehead atoms. The van der Waals surface area contributed by atoms with Crippen molar-refractivity contribution < 1.29 is 24.5 Å². The van der Waals surface area contributed by atoms with Crippen molar-refractivity contribution in [2.24, 2.45) is 11.3 Å². The van der Waals surface area contributed by atoms with Crippen LogP contribution in [0.15, 0.2) is 46.0 Å². The number of ketones is 2. The predicted molar refractivity (Wildman–Crippen MR) is 127 cm³/mol. The van der Waals surface area contributed by atoms with Crippen LogP contribution >= 0.6 is 0 Å². The lowest BCUT2D eigenvalue weighted by Gasteiger charge is -2.33. The molecule has 0 saturated carbocycles. The van der Waals surface area contributed by atoms with Gasteiger partial charge in [0.1, 0.15) is 23.2 Å². The summed E-state index contributed by atoms with van der Waals surface area (Å²) in [5, 5.41) is 21.9. The van der Waals surface area contributed by atoms with E-state index in [1.165, 1.54) is 0 Å². The first kappa shape index (κ1) is 26.1. The van der Waals surface area contributed by atoms with Crippen LogP contribution in [-0.2, 0) is 14.3 Å². The lowest BCUT2D eigenvalue weighted by molar-refractivity contribution is -0.127. The third-order valence-corrected chi connectivity index (χ3v) is 6.28. The van der Waals surface area contributed by atoms with Crippen LogP contribution in [-0.4, -0.2) is 33.5 Å². The second-order valence-corrected chi connectivity index (χ2v) is 10.7. The van der Waals surface area contributed by atoms with E-state index in [2.05, 4.69) is 0 Å². The van der Waals surface area contributed by atoms with Gasteiger partial charge in [0.25, 0.3) is 0 Å². The number of Topliss-reactive ketones (excluding diaryl/α,β-unsaturated/α-hetero) is 2. The molecular weight excluding hydrogens is 404 g/mol. The zero-order chi connectivity index (χ0) is 24.4. The topological polar surface area (TPSA) is 83.8 Å². The summed E-state index contributed by atoms with van der Waals surface area (Å²) >= 11 is 0. The maximum atomic E-state index is 13.9. The first-order valence-corrected chi connectivity index (χ1v) is 11.6. The zero-order valence-electron chi connectivity index (χ0n) is 21.0. The molecule has 1 saturated heterocycles. The second kappa shape index (κ2) is 9.78. The average Bonchev–Trinajstić information content (AvgIpc) is 3.06. The molecule has 1 aliphatic carbocycles. The molecule has 0 radical (unpaired) electrons. The number of rotatable bonds is 9. The summed E-state index contributed by atoms with van der Waals surface area (Å²) in [4.78, 5) is 27.1. The lowest BCUT2D eigenvalue weighted by Crippen LogP contribution is -2.40. The van der Waals surface area contributed by atoms with Crippen molar-refractivity contribution in [3.05, 3.63) is 46.0 Å². The van der Waals surface area contributed by atoms with Gasteiger partial charge < -0.3 is 14.9 Å². The molecule has 1 fully saturated rings. The van der Waals surface area contributed by atoms with Gasteiger partial charge in [0.2, 0.25) is 0 Å². The molecule has 5 nitrogen and oxygen atoms in total. The van der Waals surface area contributed by atoms with E-state index in [0.717, 1.165) is 11.1 Å². The molecule has 0 spiro atoms. The molecule has 0 aromatic heterocycles. The largest absolute Gasteiger partial charge is 0.507 e. The van der Waals surface area contributed by atoms with Gasteiger partial charge in [0.05, 0.1) is 11.0 Å². The molecule has 2 aliphatic rings. The van der Waals surface area contributed by atoms with Gasteiger partial charge in [0, 0.05) is 18.4 Å². The smallest absolute Gasteiger partial charge is 0.184 e. The Morgan fingerprint density at radius 3 is 2.28 bits per heavy atom. The van der Waals surface area contributed by atoms with Crippen molar-refractivity contribution in [3.8, 4) is 0 Å². The Balaban J connectivity index is 2.72. The number of hydrogen-bond acceptors (Lipinski definition) is 5. The van der Waals surface area contributed by atoms with Crippen molar-refractivity contribution in [2.75, 3.05) is 0 Å². The minimum atomic E-state index is -1.18. The van der Waals surface area contributed by atoms with Gasteiger partial charge in [-0.15, -0.1) is 0 Å². The highest BCUT2D eigenvalue weighted by Gasteiger charge is 2.58. The van der Waals surface area contributed by atoms with Crippen molar-refractivity contribution in [1.82, 2.24) is 0 Å². The Labute approximate surface area is 192 Å². The van der Waals surface area contributed by atoms with Gasteiger partial charge in [-0.3, -0.25) is 9.59 Å². The fourth-order valence-corrected chi connectivity index (χ4v) is 4.21. The highest BCUT2D eigenvalue weighted by atomic mass is 16.5. The van der Waals surface area contributed by atoms with Crippen LogP contribution in [0.4, 0.5) is 0 Å². The standard InChI is InChI=1S/C27H40O5/c1-16(2)9-11-19-23(29)22(20(28)12-10-17(3)4)24(30)27(14-13-18(5)6)15-21(26(7,8)31)32-25(19)27/h9,13,17,21,29,31H,10-12,14-15H2,1-8H3.